The summed E-state index contributed by atoms with van der Waals surface area (Å²) >= 11 is 1.39. The molecule has 0 aliphatic rings. The van der Waals surface area contributed by atoms with Crippen molar-refractivity contribution in [1.29, 1.82) is 0 Å². The van der Waals surface area contributed by atoms with Crippen LogP contribution in [0.25, 0.3) is 10.9 Å². The van der Waals surface area contributed by atoms with Gasteiger partial charge in [-0.1, -0.05) is 30.3 Å². The van der Waals surface area contributed by atoms with Crippen molar-refractivity contribution in [2.45, 2.75) is 20.4 Å². The predicted molar refractivity (Wildman–Crippen MR) is 111 cm³/mol. The monoisotopic (exact) mass is 390 g/mol. The summed E-state index contributed by atoms with van der Waals surface area (Å²) in [7, 11) is 0. The van der Waals surface area contributed by atoms with Crippen LogP contribution in [0.3, 0.4) is 0 Å². The Morgan fingerprint density at radius 2 is 1.89 bits per heavy atom. The normalized spacial score (nSPS) is 10.9. The average molecular weight is 390 g/mol. The van der Waals surface area contributed by atoms with Crippen LogP contribution in [0.15, 0.2) is 65.0 Å². The van der Waals surface area contributed by atoms with Crippen LogP contribution in [-0.4, -0.2) is 20.4 Å². The molecule has 1 amide bonds. The van der Waals surface area contributed by atoms with Crippen LogP contribution in [0, 0.1) is 13.8 Å². The van der Waals surface area contributed by atoms with Gasteiger partial charge < -0.3 is 0 Å². The van der Waals surface area contributed by atoms with Gasteiger partial charge in [-0.25, -0.2) is 9.97 Å². The first kappa shape index (κ1) is 18.1. The lowest BCUT2D eigenvalue weighted by atomic mass is 10.1. The Balaban J connectivity index is 1.74. The predicted octanol–water partition coefficient (Wildman–Crippen LogP) is 3.83. The molecule has 2 aromatic heterocycles. The number of aromatic nitrogens is 3. The second-order valence-corrected chi connectivity index (χ2v) is 7.32. The zero-order chi connectivity index (χ0) is 19.7. The number of thiazole rings is 1. The molecular formula is C21H18N4O2S. The molecule has 2 aromatic carbocycles. The highest BCUT2D eigenvalue weighted by atomic mass is 32.1. The summed E-state index contributed by atoms with van der Waals surface area (Å²) in [5.41, 5.74) is 2.91. The molecule has 0 atom stereocenters. The molecule has 0 aliphatic heterocycles. The number of anilines is 2. The van der Waals surface area contributed by atoms with Gasteiger partial charge >= 0.3 is 0 Å². The van der Waals surface area contributed by atoms with Gasteiger partial charge in [0.1, 0.15) is 6.54 Å². The number of nitrogens with zero attached hydrogens (tertiary/aromatic N) is 4. The second kappa shape index (κ2) is 7.36. The fraction of sp³-hybridized carbons (Fsp3) is 0.143. The van der Waals surface area contributed by atoms with Gasteiger partial charge in [0.2, 0.25) is 0 Å². The number of fused-ring (bicyclic) bond motifs is 1. The maximum Gasteiger partial charge on any atom is 0.261 e. The van der Waals surface area contributed by atoms with Crippen molar-refractivity contribution < 1.29 is 4.79 Å². The highest BCUT2D eigenvalue weighted by Crippen LogP contribution is 2.28. The fourth-order valence-corrected chi connectivity index (χ4v) is 3.89. The molecule has 0 fully saturated rings. The van der Waals surface area contributed by atoms with Crippen LogP contribution in [0.4, 0.5) is 10.8 Å². The Morgan fingerprint density at radius 1 is 1.11 bits per heavy atom. The number of para-hydroxylation sites is 2. The van der Waals surface area contributed by atoms with E-state index in [1.54, 1.807) is 11.0 Å². The van der Waals surface area contributed by atoms with Crippen LogP contribution >= 0.6 is 11.3 Å². The number of benzene rings is 2. The molecule has 0 aliphatic carbocycles. The Kier molecular flexibility index (Phi) is 4.75. The second-order valence-electron chi connectivity index (χ2n) is 6.48. The smallest absolute Gasteiger partial charge is 0.261 e. The minimum Gasteiger partial charge on any atom is -0.289 e. The quantitative estimate of drug-likeness (QED) is 0.531. The van der Waals surface area contributed by atoms with Crippen LogP contribution in [0.5, 0.6) is 0 Å². The third-order valence-electron chi connectivity index (χ3n) is 4.42. The lowest BCUT2D eigenvalue weighted by Gasteiger charge is -2.20. The van der Waals surface area contributed by atoms with Crippen molar-refractivity contribution in [1.82, 2.24) is 14.5 Å². The third kappa shape index (κ3) is 3.32. The van der Waals surface area contributed by atoms with Crippen LogP contribution in [-0.2, 0) is 11.3 Å². The van der Waals surface area contributed by atoms with Gasteiger partial charge in [-0.05, 0) is 37.6 Å². The molecule has 2 heterocycles. The van der Waals surface area contributed by atoms with E-state index in [4.69, 9.17) is 0 Å². The first-order chi connectivity index (χ1) is 13.5. The summed E-state index contributed by atoms with van der Waals surface area (Å²) in [5.74, 6) is -0.253. The van der Waals surface area contributed by atoms with Crippen molar-refractivity contribution in [3.8, 4) is 0 Å². The summed E-state index contributed by atoms with van der Waals surface area (Å²) < 4.78 is 1.35. The van der Waals surface area contributed by atoms with E-state index in [1.807, 2.05) is 61.7 Å². The van der Waals surface area contributed by atoms with Crippen LogP contribution in [0.1, 0.15) is 11.3 Å². The molecule has 0 spiro atoms. The van der Waals surface area contributed by atoms with Gasteiger partial charge in [0.25, 0.3) is 11.5 Å². The molecule has 0 saturated heterocycles. The standard InChI is InChI=1S/C21H18N4O2S/c1-14-7-6-10-17-19(14)22-13-24(20(17)27)11-18(26)25(16-8-4-3-5-9-16)21-23-15(2)12-28-21/h3-10,12-13H,11H2,1-2H3. The van der Waals surface area contributed by atoms with E-state index in [1.165, 1.54) is 22.2 Å². The van der Waals surface area contributed by atoms with Crippen molar-refractivity contribution in [2.24, 2.45) is 0 Å². The van der Waals surface area contributed by atoms with Crippen molar-refractivity contribution in [2.75, 3.05) is 4.90 Å². The number of rotatable bonds is 4. The van der Waals surface area contributed by atoms with Gasteiger partial charge in [0.15, 0.2) is 5.13 Å². The number of hydrogen-bond donors (Lipinski definition) is 0. The minimum absolute atomic E-state index is 0.122. The van der Waals surface area contributed by atoms with E-state index < -0.39 is 0 Å². The van der Waals surface area contributed by atoms with E-state index in [2.05, 4.69) is 9.97 Å². The number of carbonyl (C=O) groups is 1. The molecule has 4 rings (SSSR count). The van der Waals surface area contributed by atoms with Gasteiger partial charge in [0, 0.05) is 5.38 Å². The largest absolute Gasteiger partial charge is 0.289 e. The van der Waals surface area contributed by atoms with E-state index in [0.717, 1.165) is 11.3 Å². The van der Waals surface area contributed by atoms with Gasteiger partial charge in [0.05, 0.1) is 28.6 Å². The highest BCUT2D eigenvalue weighted by Gasteiger charge is 2.22. The third-order valence-corrected chi connectivity index (χ3v) is 5.37. The van der Waals surface area contributed by atoms with Crippen molar-refractivity contribution in [3.63, 3.8) is 0 Å². The minimum atomic E-state index is -0.253. The summed E-state index contributed by atoms with van der Waals surface area (Å²) in [6, 6.07) is 14.8. The number of amides is 1. The number of aryl methyl sites for hydroxylation is 2. The van der Waals surface area contributed by atoms with E-state index in [9.17, 15) is 9.59 Å². The number of hydrogen-bond acceptors (Lipinski definition) is 5. The average Bonchev–Trinajstić information content (AvgIpc) is 3.11. The van der Waals surface area contributed by atoms with E-state index in [-0.39, 0.29) is 18.0 Å². The first-order valence-electron chi connectivity index (χ1n) is 8.79. The lowest BCUT2D eigenvalue weighted by molar-refractivity contribution is -0.118. The Bertz CT molecular complexity index is 1210. The maximum atomic E-state index is 13.2. The van der Waals surface area contributed by atoms with Crippen LogP contribution in [0.2, 0.25) is 0 Å². The topological polar surface area (TPSA) is 68.1 Å². The molecule has 0 N–H and O–H groups in total. The fourth-order valence-electron chi connectivity index (χ4n) is 3.05. The van der Waals surface area contributed by atoms with Gasteiger partial charge in [-0.2, -0.15) is 0 Å². The summed E-state index contributed by atoms with van der Waals surface area (Å²) in [6.45, 7) is 3.67. The van der Waals surface area contributed by atoms with Crippen molar-refractivity contribution in [3.05, 3.63) is 81.8 Å². The zero-order valence-corrected chi connectivity index (χ0v) is 16.3. The van der Waals surface area contributed by atoms with E-state index in [0.29, 0.717) is 21.7 Å². The van der Waals surface area contributed by atoms with E-state index >= 15 is 0 Å². The molecule has 7 heteroatoms. The zero-order valence-electron chi connectivity index (χ0n) is 15.5. The Morgan fingerprint density at radius 3 is 2.61 bits per heavy atom. The van der Waals surface area contributed by atoms with Crippen molar-refractivity contribution >= 4 is 39.0 Å². The Hall–Kier alpha value is -3.32. The highest BCUT2D eigenvalue weighted by molar-refractivity contribution is 7.14. The molecule has 0 unspecified atom stereocenters. The summed E-state index contributed by atoms with van der Waals surface area (Å²) in [5, 5.41) is 2.98. The molecule has 4 aromatic rings. The molecule has 0 saturated carbocycles. The van der Waals surface area contributed by atoms with Gasteiger partial charge in [-0.3, -0.25) is 19.1 Å². The Labute approximate surface area is 165 Å². The SMILES string of the molecule is Cc1csc(N(C(=O)Cn2cnc3c(C)cccc3c2=O)c2ccccc2)n1. The molecule has 0 radical (unpaired) electrons. The molecule has 0 bridgehead atoms. The molecule has 140 valence electrons. The number of carbonyl (C=O) groups excluding carboxylic acids is 1. The molecular weight excluding hydrogens is 372 g/mol. The summed E-state index contributed by atoms with van der Waals surface area (Å²) in [4.78, 5) is 36.4. The van der Waals surface area contributed by atoms with Crippen LogP contribution < -0.4 is 10.5 Å². The summed E-state index contributed by atoms with van der Waals surface area (Å²) in [6.07, 6.45) is 1.44. The molecule has 28 heavy (non-hydrogen) atoms. The lowest BCUT2D eigenvalue weighted by Crippen LogP contribution is -2.33. The van der Waals surface area contributed by atoms with Gasteiger partial charge in [-0.15, -0.1) is 11.3 Å². The maximum absolute atomic E-state index is 13.2. The molecule has 6 nitrogen and oxygen atoms in total. The first-order valence-corrected chi connectivity index (χ1v) is 9.67.